The molecule has 1 aromatic heterocycles. The van der Waals surface area contributed by atoms with E-state index in [4.69, 9.17) is 5.11 Å². The second-order valence-corrected chi connectivity index (χ2v) is 6.12. The lowest BCUT2D eigenvalue weighted by Crippen LogP contribution is -2.47. The van der Waals surface area contributed by atoms with Gasteiger partial charge < -0.3 is 10.4 Å². The van der Waals surface area contributed by atoms with Crippen LogP contribution in [0.4, 0.5) is 0 Å². The molecule has 0 bridgehead atoms. The number of hydrogen-bond donors (Lipinski definition) is 2. The van der Waals surface area contributed by atoms with E-state index in [1.54, 1.807) is 18.3 Å². The number of aromatic nitrogens is 1. The molecule has 21 heavy (non-hydrogen) atoms. The summed E-state index contributed by atoms with van der Waals surface area (Å²) in [5, 5.41) is 11.9. The molecule has 2 rings (SSSR count). The van der Waals surface area contributed by atoms with Gasteiger partial charge in [-0.1, -0.05) is 38.5 Å². The molecule has 1 atom stereocenters. The number of nitrogens with one attached hydrogen (secondary N) is 1. The maximum Gasteiger partial charge on any atom is 0.271 e. The van der Waals surface area contributed by atoms with Crippen LogP contribution in [0.1, 0.15) is 55.6 Å². The highest BCUT2D eigenvalue weighted by Gasteiger charge is 2.33. The average Bonchev–Trinajstić information content (AvgIpc) is 2.47. The first-order valence-corrected chi connectivity index (χ1v) is 7.40. The van der Waals surface area contributed by atoms with Gasteiger partial charge in [-0.25, -0.2) is 4.98 Å². The molecule has 0 radical (unpaired) electrons. The number of amides is 1. The van der Waals surface area contributed by atoms with Crippen molar-refractivity contribution in [1.29, 1.82) is 0 Å². The summed E-state index contributed by atoms with van der Waals surface area (Å²) in [6, 6.07) is 3.65. The van der Waals surface area contributed by atoms with Crippen molar-refractivity contribution < 1.29 is 9.90 Å². The third-order valence-corrected chi connectivity index (χ3v) is 4.14. The quantitative estimate of drug-likeness (QED) is 0.819. The van der Waals surface area contributed by atoms with Gasteiger partial charge in [-0.05, 0) is 30.4 Å². The Balaban J connectivity index is 2.17. The number of hydrogen-bond acceptors (Lipinski definition) is 3. The molecule has 0 aliphatic heterocycles. The third kappa shape index (κ3) is 3.83. The monoisotopic (exact) mass is 286 g/mol. The van der Waals surface area contributed by atoms with Crippen LogP contribution in [0.3, 0.4) is 0 Å². The van der Waals surface area contributed by atoms with Gasteiger partial charge in [0.25, 0.3) is 5.91 Å². The van der Waals surface area contributed by atoms with Gasteiger partial charge in [-0.15, -0.1) is 0 Å². The predicted molar refractivity (Wildman–Crippen MR) is 81.7 cm³/mol. The summed E-state index contributed by atoms with van der Waals surface area (Å²) in [7, 11) is 0. The Bertz CT molecular complexity index is 570. The van der Waals surface area contributed by atoms with E-state index in [-0.39, 0.29) is 24.0 Å². The van der Waals surface area contributed by atoms with Crippen molar-refractivity contribution in [3.63, 3.8) is 0 Å². The minimum Gasteiger partial charge on any atom is -0.384 e. The Morgan fingerprint density at radius 3 is 3.05 bits per heavy atom. The lowest BCUT2D eigenvalue weighted by molar-refractivity contribution is 0.0848. The largest absolute Gasteiger partial charge is 0.384 e. The van der Waals surface area contributed by atoms with Crippen LogP contribution in [0, 0.1) is 17.3 Å². The van der Waals surface area contributed by atoms with Gasteiger partial charge in [0, 0.05) is 12.2 Å². The SMILES string of the molecule is CC1(C)CCCCC1NC(=O)c1ncccc1C#CCO. The molecule has 4 nitrogen and oxygen atoms in total. The fourth-order valence-corrected chi connectivity index (χ4v) is 2.81. The highest BCUT2D eigenvalue weighted by atomic mass is 16.2. The zero-order valence-electron chi connectivity index (χ0n) is 12.6. The van der Waals surface area contributed by atoms with E-state index >= 15 is 0 Å². The van der Waals surface area contributed by atoms with Crippen LogP contribution in [0.2, 0.25) is 0 Å². The standard InChI is InChI=1S/C17H22N2O2/c1-17(2)10-4-3-9-14(17)19-16(21)15-13(8-6-12-20)7-5-11-18-15/h5,7,11,14,20H,3-4,9-10,12H2,1-2H3,(H,19,21). The summed E-state index contributed by atoms with van der Waals surface area (Å²) >= 11 is 0. The minimum absolute atomic E-state index is 0.111. The molecule has 1 aromatic rings. The van der Waals surface area contributed by atoms with Crippen LogP contribution >= 0.6 is 0 Å². The zero-order chi connectivity index (χ0) is 15.3. The van der Waals surface area contributed by atoms with Crippen LogP contribution in [0.15, 0.2) is 18.3 Å². The summed E-state index contributed by atoms with van der Waals surface area (Å²) in [4.78, 5) is 16.6. The lowest BCUT2D eigenvalue weighted by Gasteiger charge is -2.39. The second-order valence-electron chi connectivity index (χ2n) is 6.12. The van der Waals surface area contributed by atoms with Crippen molar-refractivity contribution in [3.05, 3.63) is 29.6 Å². The Kier molecular flexibility index (Phi) is 4.98. The number of carbonyl (C=O) groups is 1. The molecular formula is C17H22N2O2. The molecule has 1 saturated carbocycles. The summed E-state index contributed by atoms with van der Waals surface area (Å²) < 4.78 is 0. The van der Waals surface area contributed by atoms with Crippen molar-refractivity contribution in [2.24, 2.45) is 5.41 Å². The van der Waals surface area contributed by atoms with E-state index in [0.717, 1.165) is 19.3 Å². The molecule has 1 heterocycles. The van der Waals surface area contributed by atoms with Gasteiger partial charge in [0.15, 0.2) is 0 Å². The molecule has 4 heteroatoms. The summed E-state index contributed by atoms with van der Waals surface area (Å²) in [5.41, 5.74) is 0.997. The maximum absolute atomic E-state index is 12.5. The van der Waals surface area contributed by atoms with Gasteiger partial charge >= 0.3 is 0 Å². The van der Waals surface area contributed by atoms with E-state index in [1.165, 1.54) is 6.42 Å². The van der Waals surface area contributed by atoms with E-state index in [0.29, 0.717) is 11.3 Å². The molecule has 2 N–H and O–H groups in total. The van der Waals surface area contributed by atoms with Crippen molar-refractivity contribution in [2.45, 2.75) is 45.6 Å². The maximum atomic E-state index is 12.5. The minimum atomic E-state index is -0.231. The fourth-order valence-electron chi connectivity index (χ4n) is 2.81. The summed E-state index contributed by atoms with van der Waals surface area (Å²) in [6.45, 7) is 4.16. The van der Waals surface area contributed by atoms with E-state index in [9.17, 15) is 4.79 Å². The van der Waals surface area contributed by atoms with Gasteiger partial charge in [-0.3, -0.25) is 4.79 Å². The molecule has 1 fully saturated rings. The van der Waals surface area contributed by atoms with Crippen LogP contribution in [0.5, 0.6) is 0 Å². The number of aliphatic hydroxyl groups is 1. The van der Waals surface area contributed by atoms with Crippen LogP contribution in [-0.4, -0.2) is 28.6 Å². The van der Waals surface area contributed by atoms with E-state index in [1.807, 2.05) is 0 Å². The van der Waals surface area contributed by atoms with Crippen LogP contribution < -0.4 is 5.32 Å². The molecular weight excluding hydrogens is 264 g/mol. The highest BCUT2D eigenvalue weighted by molar-refractivity contribution is 5.95. The Morgan fingerprint density at radius 2 is 2.33 bits per heavy atom. The third-order valence-electron chi connectivity index (χ3n) is 4.14. The molecule has 1 aliphatic carbocycles. The Morgan fingerprint density at radius 1 is 1.52 bits per heavy atom. The summed E-state index contributed by atoms with van der Waals surface area (Å²) in [5.74, 6) is 5.16. The number of aliphatic hydroxyl groups excluding tert-OH is 1. The first-order chi connectivity index (χ1) is 10.0. The first-order valence-electron chi connectivity index (χ1n) is 7.40. The van der Waals surface area contributed by atoms with Crippen molar-refractivity contribution in [3.8, 4) is 11.8 Å². The molecule has 1 unspecified atom stereocenters. The molecule has 112 valence electrons. The normalized spacial score (nSPS) is 20.2. The average molecular weight is 286 g/mol. The van der Waals surface area contributed by atoms with Crippen molar-refractivity contribution in [2.75, 3.05) is 6.61 Å². The van der Waals surface area contributed by atoms with Crippen LogP contribution in [0.25, 0.3) is 0 Å². The van der Waals surface area contributed by atoms with Crippen molar-refractivity contribution in [1.82, 2.24) is 10.3 Å². The molecule has 0 aromatic carbocycles. The molecule has 0 saturated heterocycles. The first kappa shape index (κ1) is 15.5. The van der Waals surface area contributed by atoms with E-state index in [2.05, 4.69) is 36.0 Å². The van der Waals surface area contributed by atoms with Gasteiger partial charge in [0.05, 0.1) is 5.56 Å². The zero-order valence-corrected chi connectivity index (χ0v) is 12.6. The van der Waals surface area contributed by atoms with Gasteiger partial charge in [-0.2, -0.15) is 0 Å². The fraction of sp³-hybridized carbons (Fsp3) is 0.529. The molecule has 1 aliphatic rings. The van der Waals surface area contributed by atoms with Gasteiger partial charge in [0.2, 0.25) is 0 Å². The summed E-state index contributed by atoms with van der Waals surface area (Å²) in [6.07, 6.45) is 6.08. The van der Waals surface area contributed by atoms with Crippen molar-refractivity contribution >= 4 is 5.91 Å². The second kappa shape index (κ2) is 6.73. The molecule has 0 spiro atoms. The molecule has 1 amide bonds. The Labute approximate surface area is 126 Å². The predicted octanol–water partition coefficient (Wildman–Crippen LogP) is 2.12. The number of rotatable bonds is 2. The van der Waals surface area contributed by atoms with Gasteiger partial charge in [0.1, 0.15) is 12.3 Å². The number of nitrogens with zero attached hydrogens (tertiary/aromatic N) is 1. The van der Waals surface area contributed by atoms with E-state index < -0.39 is 0 Å². The van der Waals surface area contributed by atoms with Crippen LogP contribution in [-0.2, 0) is 0 Å². The topological polar surface area (TPSA) is 62.2 Å². The lowest BCUT2D eigenvalue weighted by atomic mass is 9.73. The number of carbonyl (C=O) groups excluding carboxylic acids is 1. The Hall–Kier alpha value is -1.86. The highest BCUT2D eigenvalue weighted by Crippen LogP contribution is 2.35. The number of pyridine rings is 1. The smallest absolute Gasteiger partial charge is 0.271 e.